The van der Waals surface area contributed by atoms with Crippen molar-refractivity contribution >= 4 is 15.9 Å². The van der Waals surface area contributed by atoms with Crippen LogP contribution in [-0.4, -0.2) is 6.04 Å². The van der Waals surface area contributed by atoms with Gasteiger partial charge in [-0.05, 0) is 47.3 Å². The molecule has 1 aromatic carbocycles. The van der Waals surface area contributed by atoms with Gasteiger partial charge >= 0.3 is 0 Å². The van der Waals surface area contributed by atoms with Crippen molar-refractivity contribution < 1.29 is 8.78 Å². The van der Waals surface area contributed by atoms with E-state index in [2.05, 4.69) is 15.9 Å². The molecule has 0 fully saturated rings. The first kappa shape index (κ1) is 11.7. The molecule has 0 saturated carbocycles. The maximum Gasteiger partial charge on any atom is 0.143 e. The maximum atomic E-state index is 13.7. The van der Waals surface area contributed by atoms with Gasteiger partial charge in [-0.25, -0.2) is 8.78 Å². The summed E-state index contributed by atoms with van der Waals surface area (Å²) in [5.74, 6) is -1.01. The number of allylic oxidation sites excluding steroid dienone is 1. The second kappa shape index (κ2) is 4.63. The van der Waals surface area contributed by atoms with E-state index in [1.807, 2.05) is 6.08 Å². The third-order valence-electron chi connectivity index (χ3n) is 2.79. The van der Waals surface area contributed by atoms with Gasteiger partial charge in [-0.2, -0.15) is 0 Å². The average Bonchev–Trinajstić information content (AvgIpc) is 2.65. The normalized spacial score (nSPS) is 20.0. The highest BCUT2D eigenvalue weighted by Crippen LogP contribution is 2.27. The molecule has 0 saturated heterocycles. The van der Waals surface area contributed by atoms with Gasteiger partial charge in [0.1, 0.15) is 11.6 Å². The summed E-state index contributed by atoms with van der Waals surface area (Å²) in [6.45, 7) is 0. The summed E-state index contributed by atoms with van der Waals surface area (Å²) in [4.78, 5) is 0. The molecule has 0 heterocycles. The molecule has 0 spiro atoms. The molecule has 1 aliphatic rings. The summed E-state index contributed by atoms with van der Waals surface area (Å²) in [6, 6.07) is 2.69. The Labute approximate surface area is 101 Å². The lowest BCUT2D eigenvalue weighted by Crippen LogP contribution is -2.11. The minimum absolute atomic E-state index is 0.0354. The topological polar surface area (TPSA) is 26.0 Å². The largest absolute Gasteiger partial charge is 0.324 e. The Bertz CT molecular complexity index is 443. The Morgan fingerprint density at radius 3 is 2.75 bits per heavy atom. The maximum absolute atomic E-state index is 13.7. The molecule has 1 unspecified atom stereocenters. The lowest BCUT2D eigenvalue weighted by Gasteiger charge is -2.07. The van der Waals surface area contributed by atoms with Crippen molar-refractivity contribution in [2.24, 2.45) is 5.73 Å². The van der Waals surface area contributed by atoms with E-state index < -0.39 is 11.6 Å². The van der Waals surface area contributed by atoms with Crippen LogP contribution < -0.4 is 5.73 Å². The molecule has 1 nitrogen and oxygen atoms in total. The monoisotopic (exact) mass is 287 g/mol. The van der Waals surface area contributed by atoms with Gasteiger partial charge in [0.2, 0.25) is 0 Å². The van der Waals surface area contributed by atoms with Crippen molar-refractivity contribution in [3.05, 3.63) is 45.5 Å². The Morgan fingerprint density at radius 2 is 2.12 bits per heavy atom. The van der Waals surface area contributed by atoms with Crippen molar-refractivity contribution in [3.8, 4) is 0 Å². The highest BCUT2D eigenvalue weighted by Gasteiger charge is 2.17. The summed E-state index contributed by atoms with van der Waals surface area (Å²) in [7, 11) is 0. The first-order chi connectivity index (χ1) is 7.58. The molecule has 0 aromatic heterocycles. The number of rotatable bonds is 2. The van der Waals surface area contributed by atoms with Gasteiger partial charge in [-0.15, -0.1) is 0 Å². The van der Waals surface area contributed by atoms with Crippen LogP contribution >= 0.6 is 15.9 Å². The van der Waals surface area contributed by atoms with Gasteiger partial charge < -0.3 is 5.73 Å². The molecule has 0 radical (unpaired) electrons. The van der Waals surface area contributed by atoms with Crippen LogP contribution in [0.4, 0.5) is 8.78 Å². The highest BCUT2D eigenvalue weighted by molar-refractivity contribution is 9.10. The van der Waals surface area contributed by atoms with Gasteiger partial charge in [-0.1, -0.05) is 11.6 Å². The SMILES string of the molecule is NC1C=C(Cc2c(F)ccc(Br)c2F)CC1. The van der Waals surface area contributed by atoms with E-state index >= 15 is 0 Å². The molecule has 4 heteroatoms. The molecule has 0 bridgehead atoms. The zero-order valence-electron chi connectivity index (χ0n) is 8.64. The lowest BCUT2D eigenvalue weighted by molar-refractivity contribution is 0.555. The van der Waals surface area contributed by atoms with Crippen LogP contribution in [0.2, 0.25) is 0 Å². The zero-order chi connectivity index (χ0) is 11.7. The second-order valence-electron chi connectivity index (χ2n) is 4.03. The molecule has 1 aliphatic carbocycles. The van der Waals surface area contributed by atoms with Gasteiger partial charge in [-0.3, -0.25) is 0 Å². The van der Waals surface area contributed by atoms with E-state index in [9.17, 15) is 8.78 Å². The van der Waals surface area contributed by atoms with Crippen LogP contribution in [0.3, 0.4) is 0 Å². The Morgan fingerprint density at radius 1 is 1.38 bits per heavy atom. The van der Waals surface area contributed by atoms with Crippen LogP contribution in [0.25, 0.3) is 0 Å². The summed E-state index contributed by atoms with van der Waals surface area (Å²) >= 11 is 3.06. The van der Waals surface area contributed by atoms with E-state index in [1.165, 1.54) is 12.1 Å². The number of hydrogen-bond acceptors (Lipinski definition) is 1. The fraction of sp³-hybridized carbons (Fsp3) is 0.333. The Balaban J connectivity index is 2.28. The molecule has 2 N–H and O–H groups in total. The fourth-order valence-corrected chi connectivity index (χ4v) is 2.30. The van der Waals surface area contributed by atoms with Crippen LogP contribution in [0.5, 0.6) is 0 Å². The average molecular weight is 288 g/mol. The minimum atomic E-state index is -0.513. The van der Waals surface area contributed by atoms with Gasteiger partial charge in [0.25, 0.3) is 0 Å². The molecular formula is C12H12BrF2N. The van der Waals surface area contributed by atoms with E-state index in [0.29, 0.717) is 10.9 Å². The quantitative estimate of drug-likeness (QED) is 0.655. The molecule has 86 valence electrons. The van der Waals surface area contributed by atoms with Crippen molar-refractivity contribution in [1.29, 1.82) is 0 Å². The summed E-state index contributed by atoms with van der Waals surface area (Å²) < 4.78 is 27.4. The standard InChI is InChI=1S/C12H12BrF2N/c13-10-3-4-11(14)9(12(10)15)6-7-1-2-8(16)5-7/h3-5,8H,1-2,6,16H2. The second-order valence-corrected chi connectivity index (χ2v) is 4.88. The van der Waals surface area contributed by atoms with Crippen LogP contribution in [0.15, 0.2) is 28.3 Å². The third-order valence-corrected chi connectivity index (χ3v) is 3.40. The number of hydrogen-bond donors (Lipinski definition) is 1. The van der Waals surface area contributed by atoms with Crippen molar-refractivity contribution in [1.82, 2.24) is 0 Å². The minimum Gasteiger partial charge on any atom is -0.324 e. The van der Waals surface area contributed by atoms with Gasteiger partial charge in [0.05, 0.1) is 4.47 Å². The van der Waals surface area contributed by atoms with E-state index in [0.717, 1.165) is 18.4 Å². The van der Waals surface area contributed by atoms with E-state index in [-0.39, 0.29) is 11.6 Å². The first-order valence-corrected chi connectivity index (χ1v) is 5.94. The first-order valence-electron chi connectivity index (χ1n) is 5.15. The molecule has 0 aliphatic heterocycles. The summed E-state index contributed by atoms with van der Waals surface area (Å²) in [6.07, 6.45) is 3.91. The molecule has 0 amide bonds. The molecule has 1 aromatic rings. The summed E-state index contributed by atoms with van der Waals surface area (Å²) in [5, 5.41) is 0. The zero-order valence-corrected chi connectivity index (χ0v) is 10.2. The van der Waals surface area contributed by atoms with Crippen molar-refractivity contribution in [3.63, 3.8) is 0 Å². The molecule has 1 atom stereocenters. The Kier molecular flexibility index (Phi) is 3.40. The van der Waals surface area contributed by atoms with Crippen LogP contribution in [0, 0.1) is 11.6 Å². The van der Waals surface area contributed by atoms with Crippen molar-refractivity contribution in [2.75, 3.05) is 0 Å². The molecule has 2 rings (SSSR count). The number of benzene rings is 1. The number of nitrogens with two attached hydrogens (primary N) is 1. The Hall–Kier alpha value is -0.740. The van der Waals surface area contributed by atoms with Gasteiger partial charge in [0.15, 0.2) is 0 Å². The predicted octanol–water partition coefficient (Wildman–Crippen LogP) is 3.32. The lowest BCUT2D eigenvalue weighted by atomic mass is 10.0. The van der Waals surface area contributed by atoms with Crippen molar-refractivity contribution in [2.45, 2.75) is 25.3 Å². The predicted molar refractivity (Wildman–Crippen MR) is 63.1 cm³/mol. The van der Waals surface area contributed by atoms with Crippen LogP contribution in [0.1, 0.15) is 18.4 Å². The third kappa shape index (κ3) is 2.33. The van der Waals surface area contributed by atoms with E-state index in [4.69, 9.17) is 5.73 Å². The van der Waals surface area contributed by atoms with Crippen LogP contribution in [-0.2, 0) is 6.42 Å². The fourth-order valence-electron chi connectivity index (χ4n) is 1.93. The van der Waals surface area contributed by atoms with E-state index in [1.54, 1.807) is 0 Å². The molecular weight excluding hydrogens is 276 g/mol. The highest BCUT2D eigenvalue weighted by atomic mass is 79.9. The molecule has 16 heavy (non-hydrogen) atoms. The van der Waals surface area contributed by atoms with Gasteiger partial charge in [0, 0.05) is 11.6 Å². The summed E-state index contributed by atoms with van der Waals surface area (Å²) in [5.41, 5.74) is 6.85. The number of halogens is 3. The smallest absolute Gasteiger partial charge is 0.143 e.